The Hall–Kier alpha value is -1.56. The van der Waals surface area contributed by atoms with E-state index in [0.717, 1.165) is 0 Å². The molecule has 0 aromatic carbocycles. The van der Waals surface area contributed by atoms with Crippen LogP contribution in [0.3, 0.4) is 0 Å². The second-order valence-electron chi connectivity index (χ2n) is 2.61. The summed E-state index contributed by atoms with van der Waals surface area (Å²) in [7, 11) is 0. The first-order valence-electron chi connectivity index (χ1n) is 3.67. The van der Waals surface area contributed by atoms with E-state index in [1.165, 1.54) is 16.0 Å². The maximum atomic E-state index is 11.5. The molecule has 0 atom stereocenters. The van der Waals surface area contributed by atoms with Gasteiger partial charge >= 0.3 is 0 Å². The smallest absolute Gasteiger partial charge is 0.296 e. The summed E-state index contributed by atoms with van der Waals surface area (Å²) in [5.74, 6) is 0. The summed E-state index contributed by atoms with van der Waals surface area (Å²) in [6.45, 7) is 1.75. The first kappa shape index (κ1) is 8.06. The van der Waals surface area contributed by atoms with Crippen molar-refractivity contribution in [2.75, 3.05) is 5.73 Å². The Bertz CT molecular complexity index is 467. The number of H-pyrrole nitrogens is 1. The van der Waals surface area contributed by atoms with E-state index >= 15 is 0 Å². The zero-order valence-electron chi connectivity index (χ0n) is 6.94. The summed E-state index contributed by atoms with van der Waals surface area (Å²) in [6.07, 6.45) is 1.64. The van der Waals surface area contributed by atoms with Crippen LogP contribution in [0.1, 0.15) is 5.69 Å². The monoisotopic (exact) mass is 196 g/mol. The highest BCUT2D eigenvalue weighted by atomic mass is 32.1. The molecule has 0 bridgehead atoms. The second-order valence-corrected chi connectivity index (χ2v) is 3.48. The quantitative estimate of drug-likeness (QED) is 0.697. The van der Waals surface area contributed by atoms with E-state index in [9.17, 15) is 4.79 Å². The number of thiazole rings is 1. The number of anilines is 1. The second kappa shape index (κ2) is 2.74. The van der Waals surface area contributed by atoms with Crippen molar-refractivity contribution in [2.45, 2.75) is 6.92 Å². The van der Waals surface area contributed by atoms with Gasteiger partial charge < -0.3 is 5.73 Å². The Labute approximate surface area is 77.8 Å². The van der Waals surface area contributed by atoms with Crippen molar-refractivity contribution in [1.82, 2.24) is 14.8 Å². The Morgan fingerprint density at radius 1 is 1.69 bits per heavy atom. The molecule has 0 radical (unpaired) electrons. The van der Waals surface area contributed by atoms with E-state index < -0.39 is 0 Å². The molecule has 5 nitrogen and oxygen atoms in total. The molecule has 0 spiro atoms. The fourth-order valence-electron chi connectivity index (χ4n) is 1.02. The molecule has 2 aromatic heterocycles. The van der Waals surface area contributed by atoms with Crippen LogP contribution in [0.15, 0.2) is 16.4 Å². The van der Waals surface area contributed by atoms with Gasteiger partial charge in [0.2, 0.25) is 5.13 Å². The van der Waals surface area contributed by atoms with Gasteiger partial charge in [0.1, 0.15) is 5.69 Å². The van der Waals surface area contributed by atoms with Crippen molar-refractivity contribution in [3.05, 3.63) is 27.6 Å². The predicted octanol–water partition coefficient (Wildman–Crippen LogP) is 0.513. The highest BCUT2D eigenvalue weighted by Gasteiger charge is 2.09. The molecule has 2 aromatic rings. The number of nitrogen functional groups attached to an aromatic ring is 1. The summed E-state index contributed by atoms with van der Waals surface area (Å²) < 4.78 is 1.34. The van der Waals surface area contributed by atoms with Gasteiger partial charge in [-0.1, -0.05) is 0 Å². The zero-order valence-corrected chi connectivity index (χ0v) is 7.76. The summed E-state index contributed by atoms with van der Waals surface area (Å²) in [4.78, 5) is 15.5. The molecule has 0 aliphatic carbocycles. The average molecular weight is 196 g/mol. The fraction of sp³-hybridized carbons (Fsp3) is 0.143. The van der Waals surface area contributed by atoms with E-state index in [-0.39, 0.29) is 11.2 Å². The van der Waals surface area contributed by atoms with Gasteiger partial charge in [0, 0.05) is 11.6 Å². The van der Waals surface area contributed by atoms with Gasteiger partial charge in [-0.2, -0.15) is 4.68 Å². The Kier molecular flexibility index (Phi) is 1.70. The molecule has 0 fully saturated rings. The van der Waals surface area contributed by atoms with Crippen LogP contribution in [0.4, 0.5) is 5.69 Å². The molecular weight excluding hydrogens is 188 g/mol. The third kappa shape index (κ3) is 1.15. The molecule has 0 amide bonds. The van der Waals surface area contributed by atoms with E-state index in [1.54, 1.807) is 18.5 Å². The van der Waals surface area contributed by atoms with Crippen LogP contribution in [0.2, 0.25) is 0 Å². The van der Waals surface area contributed by atoms with E-state index in [1.807, 2.05) is 0 Å². The number of nitrogens with one attached hydrogen (secondary N) is 1. The van der Waals surface area contributed by atoms with Gasteiger partial charge in [0.05, 0.1) is 5.69 Å². The molecule has 0 aliphatic heterocycles. The van der Waals surface area contributed by atoms with Crippen molar-refractivity contribution in [1.29, 1.82) is 0 Å². The number of aromatic amines is 1. The Balaban J connectivity index is 2.67. The maximum absolute atomic E-state index is 11.5. The van der Waals surface area contributed by atoms with Crippen LogP contribution in [-0.2, 0) is 0 Å². The van der Waals surface area contributed by atoms with Gasteiger partial charge in [-0.3, -0.25) is 9.89 Å². The zero-order chi connectivity index (χ0) is 9.42. The van der Waals surface area contributed by atoms with E-state index in [0.29, 0.717) is 10.8 Å². The largest absolute Gasteiger partial charge is 0.393 e. The topological polar surface area (TPSA) is 76.7 Å². The summed E-state index contributed by atoms with van der Waals surface area (Å²) in [5, 5.41) is 5.24. The van der Waals surface area contributed by atoms with Crippen LogP contribution in [0.5, 0.6) is 0 Å². The molecule has 0 saturated heterocycles. The highest BCUT2D eigenvalue weighted by molar-refractivity contribution is 7.12. The molecule has 0 aliphatic rings. The SMILES string of the molecule is Cc1[nH]n(-c2nccs2)c(=O)c1N. The maximum Gasteiger partial charge on any atom is 0.296 e. The van der Waals surface area contributed by atoms with Crippen molar-refractivity contribution < 1.29 is 0 Å². The lowest BCUT2D eigenvalue weighted by molar-refractivity contribution is 0.827. The molecule has 0 saturated carbocycles. The van der Waals surface area contributed by atoms with Gasteiger partial charge in [-0.05, 0) is 6.92 Å². The first-order valence-corrected chi connectivity index (χ1v) is 4.55. The lowest BCUT2D eigenvalue weighted by Crippen LogP contribution is -2.16. The fourth-order valence-corrected chi connectivity index (χ4v) is 1.62. The third-order valence-electron chi connectivity index (χ3n) is 1.73. The van der Waals surface area contributed by atoms with Crippen molar-refractivity contribution in [3.8, 4) is 5.13 Å². The Morgan fingerprint density at radius 3 is 2.92 bits per heavy atom. The Morgan fingerprint density at radius 2 is 2.46 bits per heavy atom. The predicted molar refractivity (Wildman–Crippen MR) is 51.2 cm³/mol. The van der Waals surface area contributed by atoms with E-state index in [2.05, 4.69) is 10.1 Å². The normalized spacial score (nSPS) is 10.5. The summed E-state index contributed by atoms with van der Waals surface area (Å²) >= 11 is 1.38. The van der Waals surface area contributed by atoms with Crippen LogP contribution in [0, 0.1) is 6.92 Å². The molecule has 68 valence electrons. The van der Waals surface area contributed by atoms with Gasteiger partial charge in [0.25, 0.3) is 5.56 Å². The minimum absolute atomic E-state index is 0.243. The molecule has 13 heavy (non-hydrogen) atoms. The van der Waals surface area contributed by atoms with Crippen LogP contribution in [-0.4, -0.2) is 14.8 Å². The molecule has 2 rings (SSSR count). The van der Waals surface area contributed by atoms with Gasteiger partial charge in [-0.15, -0.1) is 11.3 Å². The number of hydrogen-bond donors (Lipinski definition) is 2. The number of nitrogens with zero attached hydrogens (tertiary/aromatic N) is 2. The lowest BCUT2D eigenvalue weighted by Gasteiger charge is -1.92. The summed E-state index contributed by atoms with van der Waals surface area (Å²) in [6, 6.07) is 0. The number of nitrogens with two attached hydrogens (primary N) is 1. The lowest BCUT2D eigenvalue weighted by atomic mass is 10.4. The first-order chi connectivity index (χ1) is 6.20. The molecular formula is C7H8N4OS. The average Bonchev–Trinajstić information content (AvgIpc) is 2.70. The third-order valence-corrected chi connectivity index (χ3v) is 2.48. The minimum atomic E-state index is -0.243. The van der Waals surface area contributed by atoms with Gasteiger partial charge in [-0.25, -0.2) is 4.98 Å². The molecule has 3 N–H and O–H groups in total. The molecule has 6 heteroatoms. The van der Waals surface area contributed by atoms with Crippen molar-refractivity contribution in [2.24, 2.45) is 0 Å². The van der Waals surface area contributed by atoms with Crippen molar-refractivity contribution >= 4 is 17.0 Å². The number of aromatic nitrogens is 3. The number of hydrogen-bond acceptors (Lipinski definition) is 4. The van der Waals surface area contributed by atoms with Crippen LogP contribution >= 0.6 is 11.3 Å². The molecule has 2 heterocycles. The van der Waals surface area contributed by atoms with Crippen LogP contribution in [0.25, 0.3) is 5.13 Å². The van der Waals surface area contributed by atoms with E-state index in [4.69, 9.17) is 5.73 Å². The number of aryl methyl sites for hydroxylation is 1. The standard InChI is InChI=1S/C7H8N4OS/c1-4-5(8)6(12)11(10-4)7-9-2-3-13-7/h2-3,10H,8H2,1H3. The van der Waals surface area contributed by atoms with Gasteiger partial charge in [0.15, 0.2) is 0 Å². The number of rotatable bonds is 1. The summed E-state index contributed by atoms with van der Waals surface area (Å²) in [5.41, 5.74) is 6.19. The minimum Gasteiger partial charge on any atom is -0.393 e. The van der Waals surface area contributed by atoms with Crippen molar-refractivity contribution in [3.63, 3.8) is 0 Å². The molecule has 0 unspecified atom stereocenters. The highest BCUT2D eigenvalue weighted by Crippen LogP contribution is 2.09. The van der Waals surface area contributed by atoms with Crippen LogP contribution < -0.4 is 11.3 Å².